The van der Waals surface area contributed by atoms with Gasteiger partial charge in [0.05, 0.1) is 10.6 Å². The van der Waals surface area contributed by atoms with E-state index in [0.29, 0.717) is 24.1 Å². The van der Waals surface area contributed by atoms with Gasteiger partial charge in [-0.1, -0.05) is 28.1 Å². The van der Waals surface area contributed by atoms with Gasteiger partial charge in [0, 0.05) is 18.4 Å². The maximum atomic E-state index is 12.6. The topological polar surface area (TPSA) is 37.4 Å². The van der Waals surface area contributed by atoms with Gasteiger partial charge in [0.25, 0.3) is 0 Å². The van der Waals surface area contributed by atoms with E-state index >= 15 is 0 Å². The van der Waals surface area contributed by atoms with Gasteiger partial charge in [-0.05, 0) is 19.1 Å². The first-order chi connectivity index (χ1) is 8.45. The molecule has 0 amide bonds. The van der Waals surface area contributed by atoms with Crippen molar-refractivity contribution in [1.29, 1.82) is 0 Å². The summed E-state index contributed by atoms with van der Waals surface area (Å²) in [6.07, 6.45) is 0. The summed E-state index contributed by atoms with van der Waals surface area (Å²) in [6, 6.07) is 5.84. The third kappa shape index (κ3) is 3.20. The Morgan fingerprint density at radius 3 is 2.44 bits per heavy atom. The molecule has 0 radical (unpaired) electrons. The molecule has 1 aromatic carbocycles. The standard InChI is InChI=1S/C11H14BrF2NO2S/c1-2-15(8-7-12)9-5-3-4-6-10(9)18(16,17)11(13)14/h3-6,11H,2,7-8H2,1H3. The number of anilines is 1. The van der Waals surface area contributed by atoms with Gasteiger partial charge in [0.15, 0.2) is 0 Å². The van der Waals surface area contributed by atoms with E-state index in [1.165, 1.54) is 12.1 Å². The summed E-state index contributed by atoms with van der Waals surface area (Å²) in [5, 5.41) is 0.629. The summed E-state index contributed by atoms with van der Waals surface area (Å²) in [5.74, 6) is -3.40. The number of hydrogen-bond acceptors (Lipinski definition) is 3. The first-order valence-corrected chi connectivity index (χ1v) is 8.04. The van der Waals surface area contributed by atoms with Gasteiger partial charge < -0.3 is 4.90 Å². The van der Waals surface area contributed by atoms with Crippen molar-refractivity contribution < 1.29 is 17.2 Å². The highest BCUT2D eigenvalue weighted by Gasteiger charge is 2.30. The molecular weight excluding hydrogens is 328 g/mol. The molecule has 0 bridgehead atoms. The summed E-state index contributed by atoms with van der Waals surface area (Å²) in [6.45, 7) is 2.93. The van der Waals surface area contributed by atoms with Gasteiger partial charge in [-0.25, -0.2) is 8.42 Å². The van der Waals surface area contributed by atoms with E-state index in [1.54, 1.807) is 17.0 Å². The Bertz CT molecular complexity index is 494. The number of halogens is 3. The fourth-order valence-corrected chi connectivity index (χ4v) is 2.98. The molecule has 0 spiro atoms. The predicted octanol–water partition coefficient (Wildman–Crippen LogP) is 2.90. The van der Waals surface area contributed by atoms with E-state index in [1.807, 2.05) is 6.92 Å². The van der Waals surface area contributed by atoms with Crippen molar-refractivity contribution in [1.82, 2.24) is 0 Å². The van der Waals surface area contributed by atoms with E-state index in [4.69, 9.17) is 0 Å². The normalized spacial score (nSPS) is 11.8. The lowest BCUT2D eigenvalue weighted by molar-refractivity contribution is 0.235. The lowest BCUT2D eigenvalue weighted by Gasteiger charge is -2.24. The molecule has 18 heavy (non-hydrogen) atoms. The minimum Gasteiger partial charge on any atom is -0.370 e. The van der Waals surface area contributed by atoms with Crippen LogP contribution in [-0.4, -0.2) is 32.6 Å². The molecule has 0 aliphatic carbocycles. The smallest absolute Gasteiger partial charge is 0.341 e. The summed E-state index contributed by atoms with van der Waals surface area (Å²) in [7, 11) is -4.57. The molecule has 3 nitrogen and oxygen atoms in total. The van der Waals surface area contributed by atoms with Crippen LogP contribution in [0.25, 0.3) is 0 Å². The highest BCUT2D eigenvalue weighted by atomic mass is 79.9. The zero-order valence-corrected chi connectivity index (χ0v) is 12.2. The molecule has 0 saturated carbocycles. The Morgan fingerprint density at radius 1 is 1.33 bits per heavy atom. The molecule has 7 heteroatoms. The Labute approximate surface area is 114 Å². The third-order valence-electron chi connectivity index (χ3n) is 2.48. The van der Waals surface area contributed by atoms with Gasteiger partial charge in [0.1, 0.15) is 0 Å². The van der Waals surface area contributed by atoms with Crippen LogP contribution in [0.3, 0.4) is 0 Å². The molecule has 0 unspecified atom stereocenters. The molecule has 0 atom stereocenters. The van der Waals surface area contributed by atoms with Crippen LogP contribution in [0, 0.1) is 0 Å². The summed E-state index contributed by atoms with van der Waals surface area (Å²) in [4.78, 5) is 1.42. The van der Waals surface area contributed by atoms with Crippen molar-refractivity contribution in [3.05, 3.63) is 24.3 Å². The lowest BCUT2D eigenvalue weighted by Crippen LogP contribution is -2.27. The van der Waals surface area contributed by atoms with Crippen molar-refractivity contribution >= 4 is 31.5 Å². The van der Waals surface area contributed by atoms with E-state index in [-0.39, 0.29) is 4.90 Å². The number of benzene rings is 1. The van der Waals surface area contributed by atoms with Crippen LogP contribution in [0.1, 0.15) is 6.92 Å². The molecule has 1 aromatic rings. The van der Waals surface area contributed by atoms with Gasteiger partial charge in [-0.2, -0.15) is 8.78 Å². The average molecular weight is 342 g/mol. The van der Waals surface area contributed by atoms with E-state index < -0.39 is 15.6 Å². The van der Waals surface area contributed by atoms with Gasteiger partial charge >= 0.3 is 5.76 Å². The largest absolute Gasteiger partial charge is 0.370 e. The highest BCUT2D eigenvalue weighted by molar-refractivity contribution is 9.09. The summed E-state index contributed by atoms with van der Waals surface area (Å²) in [5.41, 5.74) is 0.319. The van der Waals surface area contributed by atoms with Crippen molar-refractivity contribution in [3.63, 3.8) is 0 Å². The van der Waals surface area contributed by atoms with Crippen molar-refractivity contribution in [2.45, 2.75) is 17.6 Å². The van der Waals surface area contributed by atoms with Crippen LogP contribution < -0.4 is 4.90 Å². The number of nitrogens with zero attached hydrogens (tertiary/aromatic N) is 1. The van der Waals surface area contributed by atoms with E-state index in [2.05, 4.69) is 15.9 Å². The van der Waals surface area contributed by atoms with Crippen LogP contribution in [-0.2, 0) is 9.84 Å². The van der Waals surface area contributed by atoms with Gasteiger partial charge in [-0.3, -0.25) is 0 Å². The Hall–Kier alpha value is -0.690. The van der Waals surface area contributed by atoms with Crippen molar-refractivity contribution in [2.75, 3.05) is 23.3 Å². The minimum atomic E-state index is -4.57. The molecular formula is C11H14BrF2NO2S. The van der Waals surface area contributed by atoms with E-state index in [9.17, 15) is 17.2 Å². The maximum absolute atomic E-state index is 12.6. The first-order valence-electron chi connectivity index (χ1n) is 5.37. The second-order valence-corrected chi connectivity index (χ2v) is 6.22. The molecule has 0 aliphatic heterocycles. The van der Waals surface area contributed by atoms with Gasteiger partial charge in [-0.15, -0.1) is 0 Å². The number of alkyl halides is 3. The minimum absolute atomic E-state index is 0.317. The molecule has 0 N–H and O–H groups in total. The van der Waals surface area contributed by atoms with Crippen molar-refractivity contribution in [2.24, 2.45) is 0 Å². The summed E-state index contributed by atoms with van der Waals surface area (Å²) >= 11 is 3.25. The van der Waals surface area contributed by atoms with E-state index in [0.717, 1.165) is 0 Å². The number of rotatable bonds is 6. The molecule has 0 aliphatic rings. The molecule has 1 rings (SSSR count). The van der Waals surface area contributed by atoms with Gasteiger partial charge in [0.2, 0.25) is 9.84 Å². The SMILES string of the molecule is CCN(CCBr)c1ccccc1S(=O)(=O)C(F)F. The summed E-state index contributed by atoms with van der Waals surface area (Å²) < 4.78 is 48.4. The Balaban J connectivity index is 3.30. The quantitative estimate of drug-likeness (QED) is 0.746. The first kappa shape index (κ1) is 15.4. The molecule has 0 aromatic heterocycles. The number of para-hydroxylation sites is 1. The van der Waals surface area contributed by atoms with Crippen LogP contribution >= 0.6 is 15.9 Å². The highest BCUT2D eigenvalue weighted by Crippen LogP contribution is 2.28. The fraction of sp³-hybridized carbons (Fsp3) is 0.455. The van der Waals surface area contributed by atoms with Crippen LogP contribution in [0.2, 0.25) is 0 Å². The van der Waals surface area contributed by atoms with Crippen LogP contribution in [0.4, 0.5) is 14.5 Å². The lowest BCUT2D eigenvalue weighted by atomic mass is 10.3. The maximum Gasteiger partial charge on any atom is 0.341 e. The number of sulfone groups is 1. The monoisotopic (exact) mass is 341 g/mol. The third-order valence-corrected chi connectivity index (χ3v) is 4.27. The fourth-order valence-electron chi connectivity index (χ4n) is 1.61. The molecule has 102 valence electrons. The zero-order chi connectivity index (χ0) is 13.8. The molecule has 0 fully saturated rings. The second-order valence-electron chi connectivity index (χ2n) is 3.54. The molecule has 0 saturated heterocycles. The molecule has 0 heterocycles. The van der Waals surface area contributed by atoms with Crippen LogP contribution in [0.5, 0.6) is 0 Å². The van der Waals surface area contributed by atoms with Crippen LogP contribution in [0.15, 0.2) is 29.2 Å². The average Bonchev–Trinajstić information content (AvgIpc) is 2.35. The Kier molecular flexibility index (Phi) is 5.52. The second kappa shape index (κ2) is 6.47. The predicted molar refractivity (Wildman–Crippen MR) is 71.3 cm³/mol. The number of hydrogen-bond donors (Lipinski definition) is 0. The van der Waals surface area contributed by atoms with Crippen molar-refractivity contribution in [3.8, 4) is 0 Å². The Morgan fingerprint density at radius 2 is 1.94 bits per heavy atom. The zero-order valence-electron chi connectivity index (χ0n) is 9.81.